The molecule has 0 aliphatic carbocycles. The molecule has 3 aromatic carbocycles. The number of aliphatic imine (C=N–C) groups is 1. The van der Waals surface area contributed by atoms with E-state index >= 15 is 0 Å². The topological polar surface area (TPSA) is 91.3 Å². The van der Waals surface area contributed by atoms with E-state index in [2.05, 4.69) is 11.9 Å². The number of cyclic esters (lactones) is 1. The van der Waals surface area contributed by atoms with Crippen molar-refractivity contribution in [2.45, 2.75) is 24.7 Å². The van der Waals surface area contributed by atoms with E-state index in [0.717, 1.165) is 18.6 Å². The third-order valence-electron chi connectivity index (χ3n) is 4.91. The van der Waals surface area contributed by atoms with Gasteiger partial charge in [0.25, 0.3) is 0 Å². The molecule has 0 saturated heterocycles. The minimum Gasteiger partial charge on any atom is -0.494 e. The second-order valence-corrected chi connectivity index (χ2v) is 9.03. The van der Waals surface area contributed by atoms with Crippen LogP contribution < -0.4 is 8.92 Å². The monoisotopic (exact) mass is 477 g/mol. The van der Waals surface area contributed by atoms with Crippen molar-refractivity contribution in [3.05, 3.63) is 95.7 Å². The van der Waals surface area contributed by atoms with Gasteiger partial charge in [0.2, 0.25) is 5.90 Å². The standard InChI is InChI=1S/C26H23NO6S/c1-2-3-17-31-21-15-11-20(12-16-21)25-27-24(26(28)32-25)18-19-9-13-22(14-10-19)33-34(29,30)23-7-5-4-6-8-23/h4-16,18H,2-3,17H2,1H3/b24-18-. The predicted molar refractivity (Wildman–Crippen MR) is 128 cm³/mol. The lowest BCUT2D eigenvalue weighted by molar-refractivity contribution is -0.129. The summed E-state index contributed by atoms with van der Waals surface area (Å²) in [6.07, 6.45) is 3.60. The van der Waals surface area contributed by atoms with Gasteiger partial charge in [-0.1, -0.05) is 43.7 Å². The number of carbonyl (C=O) groups excluding carboxylic acids is 1. The quantitative estimate of drug-likeness (QED) is 0.187. The van der Waals surface area contributed by atoms with E-state index in [1.54, 1.807) is 48.5 Å². The minimum absolute atomic E-state index is 0.0670. The fourth-order valence-electron chi connectivity index (χ4n) is 3.10. The van der Waals surface area contributed by atoms with Crippen molar-refractivity contribution >= 4 is 28.1 Å². The molecule has 0 saturated carbocycles. The number of carbonyl (C=O) groups is 1. The summed E-state index contributed by atoms with van der Waals surface area (Å²) in [5.74, 6) is 0.551. The summed E-state index contributed by atoms with van der Waals surface area (Å²) in [6.45, 7) is 2.75. The summed E-state index contributed by atoms with van der Waals surface area (Å²) in [5.41, 5.74) is 1.44. The first-order valence-corrected chi connectivity index (χ1v) is 12.2. The highest BCUT2D eigenvalue weighted by molar-refractivity contribution is 7.87. The molecule has 0 bridgehead atoms. The first-order chi connectivity index (χ1) is 16.4. The highest BCUT2D eigenvalue weighted by Gasteiger charge is 2.24. The van der Waals surface area contributed by atoms with Crippen LogP contribution in [0.4, 0.5) is 0 Å². The molecule has 0 unspecified atom stereocenters. The molecular weight excluding hydrogens is 454 g/mol. The molecule has 0 aromatic heterocycles. The maximum absolute atomic E-state index is 12.3. The molecular formula is C26H23NO6S. The Kier molecular flexibility index (Phi) is 7.08. The summed E-state index contributed by atoms with van der Waals surface area (Å²) < 4.78 is 40.8. The van der Waals surface area contributed by atoms with Gasteiger partial charge in [-0.15, -0.1) is 0 Å². The first kappa shape index (κ1) is 23.3. The average Bonchev–Trinajstić information content (AvgIpc) is 3.21. The van der Waals surface area contributed by atoms with Crippen LogP contribution in [-0.4, -0.2) is 26.9 Å². The fraction of sp³-hybridized carbons (Fsp3) is 0.154. The summed E-state index contributed by atoms with van der Waals surface area (Å²) in [7, 11) is -3.93. The second kappa shape index (κ2) is 10.4. The van der Waals surface area contributed by atoms with Crippen molar-refractivity contribution in [3.63, 3.8) is 0 Å². The van der Waals surface area contributed by atoms with Crippen molar-refractivity contribution in [1.82, 2.24) is 0 Å². The van der Waals surface area contributed by atoms with Gasteiger partial charge in [0.15, 0.2) is 5.70 Å². The van der Waals surface area contributed by atoms with Gasteiger partial charge in [0.05, 0.1) is 6.61 Å². The third kappa shape index (κ3) is 5.71. The Morgan fingerprint density at radius 3 is 2.26 bits per heavy atom. The number of hydrogen-bond donors (Lipinski definition) is 0. The molecule has 1 aliphatic heterocycles. The van der Waals surface area contributed by atoms with Crippen LogP contribution in [0.5, 0.6) is 11.5 Å². The Hall–Kier alpha value is -3.91. The van der Waals surface area contributed by atoms with E-state index in [1.165, 1.54) is 24.3 Å². The largest absolute Gasteiger partial charge is 0.494 e. The van der Waals surface area contributed by atoms with Crippen LogP contribution in [0.1, 0.15) is 30.9 Å². The lowest BCUT2D eigenvalue weighted by atomic mass is 10.2. The number of unbranched alkanes of at least 4 members (excludes halogenated alkanes) is 1. The molecule has 1 heterocycles. The molecule has 0 fully saturated rings. The van der Waals surface area contributed by atoms with Crippen molar-refractivity contribution < 1.29 is 26.9 Å². The highest BCUT2D eigenvalue weighted by Crippen LogP contribution is 2.23. The normalized spacial score (nSPS) is 14.6. The lowest BCUT2D eigenvalue weighted by Crippen LogP contribution is -2.09. The Bertz CT molecular complexity index is 1310. The molecule has 7 nitrogen and oxygen atoms in total. The van der Waals surface area contributed by atoms with E-state index in [4.69, 9.17) is 13.7 Å². The van der Waals surface area contributed by atoms with Crippen LogP contribution >= 0.6 is 0 Å². The SMILES string of the molecule is CCCCOc1ccc(C2=N/C(=C\c3ccc(OS(=O)(=O)c4ccccc4)cc3)C(=O)O2)cc1. The summed E-state index contributed by atoms with van der Waals surface area (Å²) in [6, 6.07) is 21.4. The van der Waals surface area contributed by atoms with E-state index < -0.39 is 16.1 Å². The smallest absolute Gasteiger partial charge is 0.363 e. The molecule has 0 amide bonds. The minimum atomic E-state index is -3.93. The van der Waals surface area contributed by atoms with Crippen molar-refractivity contribution in [2.24, 2.45) is 4.99 Å². The Labute approximate surface area is 198 Å². The van der Waals surface area contributed by atoms with Gasteiger partial charge in [0, 0.05) is 5.56 Å². The zero-order valence-corrected chi connectivity index (χ0v) is 19.3. The Morgan fingerprint density at radius 2 is 1.59 bits per heavy atom. The van der Waals surface area contributed by atoms with Crippen LogP contribution in [0.15, 0.2) is 94.4 Å². The molecule has 0 spiro atoms. The average molecular weight is 478 g/mol. The second-order valence-electron chi connectivity index (χ2n) is 7.48. The number of ether oxygens (including phenoxy) is 2. The first-order valence-electron chi connectivity index (χ1n) is 10.8. The zero-order valence-electron chi connectivity index (χ0n) is 18.5. The van der Waals surface area contributed by atoms with Gasteiger partial charge in [-0.3, -0.25) is 0 Å². The highest BCUT2D eigenvalue weighted by atomic mass is 32.2. The molecule has 0 atom stereocenters. The third-order valence-corrected chi connectivity index (χ3v) is 6.17. The van der Waals surface area contributed by atoms with Gasteiger partial charge < -0.3 is 13.7 Å². The van der Waals surface area contributed by atoms with E-state index in [9.17, 15) is 13.2 Å². The van der Waals surface area contributed by atoms with Crippen molar-refractivity contribution in [2.75, 3.05) is 6.61 Å². The lowest BCUT2D eigenvalue weighted by Gasteiger charge is -2.07. The van der Waals surface area contributed by atoms with Gasteiger partial charge in [-0.05, 0) is 66.6 Å². The summed E-state index contributed by atoms with van der Waals surface area (Å²) in [5, 5.41) is 0. The Balaban J connectivity index is 1.45. The van der Waals surface area contributed by atoms with Crippen molar-refractivity contribution in [1.29, 1.82) is 0 Å². The maximum atomic E-state index is 12.3. The van der Waals surface area contributed by atoms with Crippen molar-refractivity contribution in [3.8, 4) is 11.5 Å². The fourth-order valence-corrected chi connectivity index (χ4v) is 4.05. The van der Waals surface area contributed by atoms with Crippen LogP contribution in [0.3, 0.4) is 0 Å². The van der Waals surface area contributed by atoms with Crippen LogP contribution in [0.25, 0.3) is 6.08 Å². The molecule has 8 heteroatoms. The number of esters is 1. The summed E-state index contributed by atoms with van der Waals surface area (Å²) >= 11 is 0. The maximum Gasteiger partial charge on any atom is 0.363 e. The summed E-state index contributed by atoms with van der Waals surface area (Å²) in [4.78, 5) is 16.6. The predicted octanol–water partition coefficient (Wildman–Crippen LogP) is 4.98. The molecule has 0 N–H and O–H groups in total. The Morgan fingerprint density at radius 1 is 0.912 bits per heavy atom. The number of nitrogens with zero attached hydrogens (tertiary/aromatic N) is 1. The van der Waals surface area contributed by atoms with Gasteiger partial charge >= 0.3 is 16.1 Å². The zero-order chi connectivity index (χ0) is 24.0. The van der Waals surface area contributed by atoms with Gasteiger partial charge in [-0.25, -0.2) is 9.79 Å². The van der Waals surface area contributed by atoms with Crippen LogP contribution in [-0.2, 0) is 19.6 Å². The molecule has 3 aromatic rings. The van der Waals surface area contributed by atoms with E-state index in [1.807, 2.05) is 12.1 Å². The van der Waals surface area contributed by atoms with Crippen LogP contribution in [0, 0.1) is 0 Å². The molecule has 0 radical (unpaired) electrons. The van der Waals surface area contributed by atoms with Gasteiger partial charge in [-0.2, -0.15) is 8.42 Å². The number of benzene rings is 3. The molecule has 1 aliphatic rings. The number of rotatable bonds is 9. The molecule has 4 rings (SSSR count). The van der Waals surface area contributed by atoms with Crippen LogP contribution in [0.2, 0.25) is 0 Å². The van der Waals surface area contributed by atoms with E-state index in [0.29, 0.717) is 17.7 Å². The molecule has 174 valence electrons. The number of hydrogen-bond acceptors (Lipinski definition) is 7. The van der Waals surface area contributed by atoms with E-state index in [-0.39, 0.29) is 22.2 Å². The molecule has 34 heavy (non-hydrogen) atoms. The van der Waals surface area contributed by atoms with Gasteiger partial charge in [0.1, 0.15) is 16.4 Å².